The van der Waals surface area contributed by atoms with Crippen LogP contribution in [0.25, 0.3) is 0 Å². The molecule has 5 N–H and O–H groups in total. The highest BCUT2D eigenvalue weighted by Crippen LogP contribution is 2.27. The molecule has 1 heterocycles. The largest absolute Gasteiger partial charge is 0.508 e. The maximum absolute atomic E-state index is 10.4. The van der Waals surface area contributed by atoms with Gasteiger partial charge in [-0.1, -0.05) is 0 Å². The van der Waals surface area contributed by atoms with Crippen LogP contribution in [0.4, 0.5) is 0 Å². The van der Waals surface area contributed by atoms with Crippen LogP contribution < -0.4 is 10.1 Å². The second-order valence-electron chi connectivity index (χ2n) is 7.33. The van der Waals surface area contributed by atoms with Gasteiger partial charge in [0.1, 0.15) is 29.8 Å². The number of benzene rings is 1. The lowest BCUT2D eigenvalue weighted by atomic mass is 9.99. The van der Waals surface area contributed by atoms with Gasteiger partial charge in [0.05, 0.1) is 13.2 Å². The summed E-state index contributed by atoms with van der Waals surface area (Å²) in [5.74, 6) is 0.464. The highest BCUT2D eigenvalue weighted by Gasteiger charge is 2.46. The quantitative estimate of drug-likeness (QED) is 0.424. The minimum Gasteiger partial charge on any atom is -0.508 e. The molecule has 8 heteroatoms. The first kappa shape index (κ1) is 20.9. The number of phenols is 1. The molecule has 1 saturated heterocycles. The molecule has 1 aliphatic rings. The normalized spacial score (nSPS) is 29.5. The van der Waals surface area contributed by atoms with Crippen molar-refractivity contribution in [2.24, 2.45) is 0 Å². The van der Waals surface area contributed by atoms with Crippen molar-refractivity contribution >= 4 is 0 Å². The van der Waals surface area contributed by atoms with Crippen molar-refractivity contribution in [3.63, 3.8) is 0 Å². The van der Waals surface area contributed by atoms with Crippen LogP contribution in [0.1, 0.15) is 20.8 Å². The Bertz CT molecular complexity index is 545. The minimum atomic E-state index is -1.31. The first-order valence-corrected chi connectivity index (χ1v) is 8.66. The van der Waals surface area contributed by atoms with Crippen molar-refractivity contribution in [1.82, 2.24) is 5.32 Å². The molecule has 0 aliphatic carbocycles. The van der Waals surface area contributed by atoms with Gasteiger partial charge in [-0.3, -0.25) is 0 Å². The lowest BCUT2D eigenvalue weighted by Crippen LogP contribution is -2.61. The molecule has 2 rings (SSSR count). The molecule has 1 fully saturated rings. The Morgan fingerprint density at radius 3 is 2.35 bits per heavy atom. The molecule has 0 saturated carbocycles. The van der Waals surface area contributed by atoms with E-state index in [1.807, 2.05) is 20.8 Å². The number of aromatic hydroxyl groups is 1. The molecule has 0 bridgehead atoms. The number of aliphatic hydroxyl groups excluding tert-OH is 3. The van der Waals surface area contributed by atoms with Crippen LogP contribution in [0.5, 0.6) is 11.5 Å². The molecule has 0 radical (unpaired) electrons. The SMILES string of the molecule is CC(C)(C)NCCO[C@H]1OC(CO)[C@H](O)[C@H](O)C1Oc1ccc(O)cc1. The smallest absolute Gasteiger partial charge is 0.197 e. The van der Waals surface area contributed by atoms with Crippen molar-refractivity contribution in [2.45, 2.75) is 57.0 Å². The van der Waals surface area contributed by atoms with Gasteiger partial charge in [-0.25, -0.2) is 0 Å². The predicted octanol–water partition coefficient (Wildman–Crippen LogP) is -0.0167. The fourth-order valence-corrected chi connectivity index (χ4v) is 2.60. The molecule has 0 spiro atoms. The minimum absolute atomic E-state index is 0.0674. The highest BCUT2D eigenvalue weighted by atomic mass is 16.7. The zero-order valence-electron chi connectivity index (χ0n) is 15.3. The number of hydrogen-bond donors (Lipinski definition) is 5. The molecule has 0 amide bonds. The summed E-state index contributed by atoms with van der Waals surface area (Å²) in [6, 6.07) is 5.96. The van der Waals surface area contributed by atoms with E-state index in [9.17, 15) is 20.4 Å². The summed E-state index contributed by atoms with van der Waals surface area (Å²) in [6.07, 6.45) is -5.55. The number of aliphatic hydroxyl groups is 3. The molecule has 2 unspecified atom stereocenters. The van der Waals surface area contributed by atoms with Crippen molar-refractivity contribution in [3.8, 4) is 11.5 Å². The number of phenolic OH excluding ortho intramolecular Hbond substituents is 1. The van der Waals surface area contributed by atoms with E-state index >= 15 is 0 Å². The number of hydrogen-bond acceptors (Lipinski definition) is 8. The molecule has 5 atom stereocenters. The van der Waals surface area contributed by atoms with Crippen molar-refractivity contribution in [2.75, 3.05) is 19.8 Å². The monoisotopic (exact) mass is 371 g/mol. The highest BCUT2D eigenvalue weighted by molar-refractivity contribution is 5.30. The van der Waals surface area contributed by atoms with Gasteiger partial charge in [0, 0.05) is 12.1 Å². The molecule has 8 nitrogen and oxygen atoms in total. The molecule has 0 aromatic heterocycles. The topological polar surface area (TPSA) is 121 Å². The molecular formula is C18H29NO7. The maximum atomic E-state index is 10.4. The lowest BCUT2D eigenvalue weighted by molar-refractivity contribution is -0.295. The van der Waals surface area contributed by atoms with E-state index < -0.39 is 37.3 Å². The Labute approximate surface area is 153 Å². The van der Waals surface area contributed by atoms with Crippen LogP contribution in [0.15, 0.2) is 24.3 Å². The molecule has 1 aromatic carbocycles. The second kappa shape index (κ2) is 8.98. The average Bonchev–Trinajstić information content (AvgIpc) is 2.58. The van der Waals surface area contributed by atoms with Crippen LogP contribution in [-0.4, -0.2) is 76.4 Å². The van der Waals surface area contributed by atoms with E-state index in [1.165, 1.54) is 24.3 Å². The Balaban J connectivity index is 2.04. The Hall–Kier alpha value is -1.42. The van der Waals surface area contributed by atoms with E-state index in [-0.39, 0.29) is 11.3 Å². The number of rotatable bonds is 7. The summed E-state index contributed by atoms with van der Waals surface area (Å²) < 4.78 is 17.0. The van der Waals surface area contributed by atoms with Crippen LogP contribution in [0.3, 0.4) is 0 Å². The number of nitrogens with one attached hydrogen (secondary N) is 1. The molecule has 148 valence electrons. The third-order valence-electron chi connectivity index (χ3n) is 3.97. The van der Waals surface area contributed by atoms with Crippen LogP contribution in [0, 0.1) is 0 Å². The van der Waals surface area contributed by atoms with E-state index in [0.29, 0.717) is 18.9 Å². The lowest BCUT2D eigenvalue weighted by Gasteiger charge is -2.41. The molecule has 1 aromatic rings. The van der Waals surface area contributed by atoms with Crippen LogP contribution in [0.2, 0.25) is 0 Å². The summed E-state index contributed by atoms with van der Waals surface area (Å²) in [4.78, 5) is 0. The van der Waals surface area contributed by atoms with Crippen molar-refractivity contribution < 1.29 is 34.6 Å². The Morgan fingerprint density at radius 1 is 1.12 bits per heavy atom. The van der Waals surface area contributed by atoms with Crippen LogP contribution >= 0.6 is 0 Å². The first-order chi connectivity index (χ1) is 12.2. The van der Waals surface area contributed by atoms with E-state index in [4.69, 9.17) is 14.2 Å². The summed E-state index contributed by atoms with van der Waals surface area (Å²) in [5.41, 5.74) is -0.0674. The number of ether oxygens (including phenoxy) is 3. The Kier molecular flexibility index (Phi) is 7.22. The van der Waals surface area contributed by atoms with Crippen molar-refractivity contribution in [1.29, 1.82) is 0 Å². The molecule has 26 heavy (non-hydrogen) atoms. The predicted molar refractivity (Wildman–Crippen MR) is 94.0 cm³/mol. The Morgan fingerprint density at radius 2 is 1.77 bits per heavy atom. The van der Waals surface area contributed by atoms with Gasteiger partial charge in [0.2, 0.25) is 0 Å². The third-order valence-corrected chi connectivity index (χ3v) is 3.97. The third kappa shape index (κ3) is 5.80. The molecular weight excluding hydrogens is 342 g/mol. The van der Waals surface area contributed by atoms with Gasteiger partial charge >= 0.3 is 0 Å². The van der Waals surface area contributed by atoms with E-state index in [2.05, 4.69) is 5.32 Å². The molecule has 1 aliphatic heterocycles. The second-order valence-corrected chi connectivity index (χ2v) is 7.33. The van der Waals surface area contributed by atoms with Gasteiger partial charge in [-0.05, 0) is 45.0 Å². The van der Waals surface area contributed by atoms with Gasteiger partial charge in [-0.15, -0.1) is 0 Å². The van der Waals surface area contributed by atoms with Crippen LogP contribution in [-0.2, 0) is 9.47 Å². The summed E-state index contributed by atoms with van der Waals surface area (Å²) in [6.45, 7) is 6.48. The summed E-state index contributed by atoms with van der Waals surface area (Å²) >= 11 is 0. The van der Waals surface area contributed by atoms with Crippen molar-refractivity contribution in [3.05, 3.63) is 24.3 Å². The average molecular weight is 371 g/mol. The first-order valence-electron chi connectivity index (χ1n) is 8.66. The summed E-state index contributed by atoms with van der Waals surface area (Å²) in [7, 11) is 0. The zero-order chi connectivity index (χ0) is 19.3. The van der Waals surface area contributed by atoms with E-state index in [0.717, 1.165) is 0 Å². The summed E-state index contributed by atoms with van der Waals surface area (Å²) in [5, 5.41) is 42.5. The van der Waals surface area contributed by atoms with Gasteiger partial charge in [0.15, 0.2) is 12.4 Å². The fraction of sp³-hybridized carbons (Fsp3) is 0.667. The zero-order valence-corrected chi connectivity index (χ0v) is 15.3. The van der Waals surface area contributed by atoms with Gasteiger partial charge in [0.25, 0.3) is 0 Å². The fourth-order valence-electron chi connectivity index (χ4n) is 2.60. The standard InChI is InChI=1S/C18H29NO7/c1-18(2,3)19-8-9-24-17-16(15(23)14(22)13(10-20)26-17)25-12-6-4-11(21)5-7-12/h4-7,13-17,19-23H,8-10H2,1-3H3/t13?,14-,15-,16?,17-/m0/s1. The van der Waals surface area contributed by atoms with Gasteiger partial charge < -0.3 is 40.0 Å². The van der Waals surface area contributed by atoms with Gasteiger partial charge in [-0.2, -0.15) is 0 Å². The maximum Gasteiger partial charge on any atom is 0.197 e. The van der Waals surface area contributed by atoms with E-state index in [1.54, 1.807) is 0 Å².